The van der Waals surface area contributed by atoms with E-state index in [1.165, 1.54) is 0 Å². The maximum atomic E-state index is 11.8. The van der Waals surface area contributed by atoms with Crippen LogP contribution >= 0.6 is 0 Å². The zero-order chi connectivity index (χ0) is 11.7. The Balaban J connectivity index is 3.94. The number of carbonyl (C=O) groups is 1. The van der Waals surface area contributed by atoms with Gasteiger partial charge < -0.3 is 15.5 Å². The highest BCUT2D eigenvalue weighted by Gasteiger charge is 2.11. The molecule has 0 aliphatic heterocycles. The normalized spacial score (nSPS) is 10.7. The lowest BCUT2D eigenvalue weighted by atomic mass is 10.2. The van der Waals surface area contributed by atoms with Crippen LogP contribution in [-0.2, 0) is 4.79 Å². The van der Waals surface area contributed by atoms with Gasteiger partial charge in [-0.2, -0.15) is 0 Å². The van der Waals surface area contributed by atoms with Crippen LogP contribution in [0.4, 0.5) is 0 Å². The van der Waals surface area contributed by atoms with Gasteiger partial charge in [-0.3, -0.25) is 4.79 Å². The molecule has 0 fully saturated rings. The summed E-state index contributed by atoms with van der Waals surface area (Å²) < 4.78 is 0. The Kier molecular flexibility index (Phi) is 8.33. The van der Waals surface area contributed by atoms with E-state index in [-0.39, 0.29) is 5.91 Å². The van der Waals surface area contributed by atoms with Gasteiger partial charge >= 0.3 is 0 Å². The van der Waals surface area contributed by atoms with Crippen LogP contribution in [0.2, 0.25) is 0 Å². The summed E-state index contributed by atoms with van der Waals surface area (Å²) in [6, 6.07) is 0. The van der Waals surface area contributed by atoms with Crippen molar-refractivity contribution < 1.29 is 4.79 Å². The second-order valence-electron chi connectivity index (χ2n) is 4.08. The lowest BCUT2D eigenvalue weighted by molar-refractivity contribution is -0.131. The molecule has 0 atom stereocenters. The number of hydrogen-bond donors (Lipinski definition) is 1. The Morgan fingerprint density at radius 1 is 1.20 bits per heavy atom. The molecular weight excluding hydrogens is 190 g/mol. The van der Waals surface area contributed by atoms with Crippen molar-refractivity contribution in [1.82, 2.24) is 9.80 Å². The third kappa shape index (κ3) is 7.33. The van der Waals surface area contributed by atoms with Crippen molar-refractivity contribution in [1.29, 1.82) is 0 Å². The predicted octanol–water partition coefficient (Wildman–Crippen LogP) is 0.526. The highest BCUT2D eigenvalue weighted by molar-refractivity contribution is 5.76. The molecule has 0 radical (unpaired) electrons. The lowest BCUT2D eigenvalue weighted by Crippen LogP contribution is -2.37. The summed E-state index contributed by atoms with van der Waals surface area (Å²) in [5.41, 5.74) is 5.39. The molecule has 0 aromatic carbocycles. The third-order valence-corrected chi connectivity index (χ3v) is 2.26. The summed E-state index contributed by atoms with van der Waals surface area (Å²) in [5.74, 6) is 0.240. The van der Waals surface area contributed by atoms with Crippen LogP contribution < -0.4 is 5.73 Å². The van der Waals surface area contributed by atoms with Gasteiger partial charge in [-0.15, -0.1) is 0 Å². The van der Waals surface area contributed by atoms with Gasteiger partial charge in [0.1, 0.15) is 0 Å². The summed E-state index contributed by atoms with van der Waals surface area (Å²) in [5, 5.41) is 0. The van der Waals surface area contributed by atoms with E-state index in [1.807, 2.05) is 19.0 Å². The van der Waals surface area contributed by atoms with Crippen molar-refractivity contribution in [2.45, 2.75) is 26.2 Å². The minimum atomic E-state index is 0.240. The SMILES string of the molecule is CCCN(CCN(C)C)C(=O)CCCN. The van der Waals surface area contributed by atoms with E-state index in [2.05, 4.69) is 11.8 Å². The maximum absolute atomic E-state index is 11.8. The fourth-order valence-corrected chi connectivity index (χ4v) is 1.36. The smallest absolute Gasteiger partial charge is 0.222 e. The van der Waals surface area contributed by atoms with E-state index in [4.69, 9.17) is 5.73 Å². The van der Waals surface area contributed by atoms with E-state index in [0.717, 1.165) is 32.5 Å². The van der Waals surface area contributed by atoms with Crippen LogP contribution in [0.1, 0.15) is 26.2 Å². The molecule has 1 amide bonds. The zero-order valence-corrected chi connectivity index (χ0v) is 10.3. The standard InChI is InChI=1S/C11H25N3O/c1-4-8-14(10-9-13(2)3)11(15)6-5-7-12/h4-10,12H2,1-3H3. The molecular formula is C11H25N3O. The third-order valence-electron chi connectivity index (χ3n) is 2.26. The first kappa shape index (κ1) is 14.4. The van der Waals surface area contributed by atoms with Gasteiger partial charge in [0.05, 0.1) is 0 Å². The molecule has 0 aromatic heterocycles. The Morgan fingerprint density at radius 2 is 1.87 bits per heavy atom. The highest BCUT2D eigenvalue weighted by atomic mass is 16.2. The second-order valence-corrected chi connectivity index (χ2v) is 4.08. The van der Waals surface area contributed by atoms with Gasteiger partial charge in [0.25, 0.3) is 0 Å². The van der Waals surface area contributed by atoms with Crippen LogP contribution in [0, 0.1) is 0 Å². The van der Waals surface area contributed by atoms with Crippen molar-refractivity contribution in [2.24, 2.45) is 5.73 Å². The fourth-order valence-electron chi connectivity index (χ4n) is 1.36. The van der Waals surface area contributed by atoms with Crippen molar-refractivity contribution in [2.75, 3.05) is 40.3 Å². The average Bonchev–Trinajstić information content (AvgIpc) is 2.20. The molecule has 4 nitrogen and oxygen atoms in total. The van der Waals surface area contributed by atoms with Crippen LogP contribution in [-0.4, -0.2) is 56.0 Å². The van der Waals surface area contributed by atoms with Crippen molar-refractivity contribution >= 4 is 5.91 Å². The molecule has 15 heavy (non-hydrogen) atoms. The first-order chi connectivity index (χ1) is 7.11. The quantitative estimate of drug-likeness (QED) is 0.642. The van der Waals surface area contributed by atoms with Gasteiger partial charge in [-0.25, -0.2) is 0 Å². The lowest BCUT2D eigenvalue weighted by Gasteiger charge is -2.23. The molecule has 0 bridgehead atoms. The van der Waals surface area contributed by atoms with Crippen LogP contribution in [0.25, 0.3) is 0 Å². The molecule has 0 spiro atoms. The molecule has 0 unspecified atom stereocenters. The van der Waals surface area contributed by atoms with Crippen LogP contribution in [0.5, 0.6) is 0 Å². The number of carbonyl (C=O) groups excluding carboxylic acids is 1. The minimum absolute atomic E-state index is 0.240. The number of nitrogens with zero attached hydrogens (tertiary/aromatic N) is 2. The average molecular weight is 215 g/mol. The summed E-state index contributed by atoms with van der Waals surface area (Å²) in [6.45, 7) is 5.30. The largest absolute Gasteiger partial charge is 0.341 e. The monoisotopic (exact) mass is 215 g/mol. The van der Waals surface area contributed by atoms with Crippen LogP contribution in [0.3, 0.4) is 0 Å². The number of nitrogens with two attached hydrogens (primary N) is 1. The number of rotatable bonds is 8. The van der Waals surface area contributed by atoms with Crippen molar-refractivity contribution in [3.05, 3.63) is 0 Å². The van der Waals surface area contributed by atoms with E-state index in [9.17, 15) is 4.79 Å². The Morgan fingerprint density at radius 3 is 2.33 bits per heavy atom. The zero-order valence-electron chi connectivity index (χ0n) is 10.3. The molecule has 0 aliphatic rings. The molecule has 2 N–H and O–H groups in total. The summed E-state index contributed by atoms with van der Waals surface area (Å²) in [7, 11) is 4.04. The predicted molar refractivity (Wildman–Crippen MR) is 63.7 cm³/mol. The first-order valence-electron chi connectivity index (χ1n) is 5.74. The van der Waals surface area contributed by atoms with Gasteiger partial charge in [0.15, 0.2) is 0 Å². The highest BCUT2D eigenvalue weighted by Crippen LogP contribution is 1.99. The van der Waals surface area contributed by atoms with Crippen molar-refractivity contribution in [3.63, 3.8) is 0 Å². The molecule has 0 saturated carbocycles. The Bertz CT molecular complexity index is 171. The van der Waals surface area contributed by atoms with E-state index in [1.54, 1.807) is 0 Å². The van der Waals surface area contributed by atoms with Crippen LogP contribution in [0.15, 0.2) is 0 Å². The van der Waals surface area contributed by atoms with E-state index in [0.29, 0.717) is 13.0 Å². The topological polar surface area (TPSA) is 49.6 Å². The van der Waals surface area contributed by atoms with Gasteiger partial charge in [-0.05, 0) is 33.5 Å². The molecule has 0 rings (SSSR count). The molecule has 90 valence electrons. The van der Waals surface area contributed by atoms with E-state index < -0.39 is 0 Å². The molecule has 4 heteroatoms. The van der Waals surface area contributed by atoms with Gasteiger partial charge in [0, 0.05) is 26.1 Å². The van der Waals surface area contributed by atoms with Crippen molar-refractivity contribution in [3.8, 4) is 0 Å². The summed E-state index contributed by atoms with van der Waals surface area (Å²) >= 11 is 0. The minimum Gasteiger partial charge on any atom is -0.341 e. The Labute approximate surface area is 93.4 Å². The fraction of sp³-hybridized carbons (Fsp3) is 0.909. The molecule has 0 saturated heterocycles. The molecule has 0 aromatic rings. The van der Waals surface area contributed by atoms with Gasteiger partial charge in [0.2, 0.25) is 5.91 Å². The second kappa shape index (κ2) is 8.68. The summed E-state index contributed by atoms with van der Waals surface area (Å²) in [4.78, 5) is 15.8. The number of hydrogen-bond acceptors (Lipinski definition) is 3. The van der Waals surface area contributed by atoms with Gasteiger partial charge in [-0.1, -0.05) is 6.92 Å². The number of amides is 1. The maximum Gasteiger partial charge on any atom is 0.222 e. The summed E-state index contributed by atoms with van der Waals surface area (Å²) in [6.07, 6.45) is 2.40. The Hall–Kier alpha value is -0.610. The first-order valence-corrected chi connectivity index (χ1v) is 5.74. The molecule has 0 aliphatic carbocycles. The number of likely N-dealkylation sites (N-methyl/N-ethyl adjacent to an activating group) is 1. The molecule has 0 heterocycles. The van der Waals surface area contributed by atoms with E-state index >= 15 is 0 Å².